The summed E-state index contributed by atoms with van der Waals surface area (Å²) in [6, 6.07) is 1.64. The van der Waals surface area contributed by atoms with Crippen molar-refractivity contribution in [2.24, 2.45) is 5.84 Å². The van der Waals surface area contributed by atoms with Crippen LogP contribution in [0, 0.1) is 0 Å². The second kappa shape index (κ2) is 5.94. The summed E-state index contributed by atoms with van der Waals surface area (Å²) in [6.45, 7) is 4.87. The molecule has 7 nitrogen and oxygen atoms in total. The molecule has 0 spiro atoms. The number of carbonyl (C=O) groups is 1. The third-order valence-corrected chi connectivity index (χ3v) is 3.11. The Kier molecular flexibility index (Phi) is 4.29. The van der Waals surface area contributed by atoms with Crippen LogP contribution in [0.25, 0.3) is 0 Å². The molecule has 3 N–H and O–H groups in total. The lowest BCUT2D eigenvalue weighted by molar-refractivity contribution is 0.0944. The standard InChI is InChI=1S/C11H19N5O2/c1-15-3-2-4-16(6-5-15)8-9-7-10(14-18-9)11(17)13-12/h7H,2-6,8,12H2,1H3,(H,13,17). The van der Waals surface area contributed by atoms with Crippen molar-refractivity contribution in [3.8, 4) is 0 Å². The van der Waals surface area contributed by atoms with Gasteiger partial charge < -0.3 is 9.42 Å². The molecule has 1 aromatic rings. The largest absolute Gasteiger partial charge is 0.359 e. The highest BCUT2D eigenvalue weighted by atomic mass is 16.5. The normalized spacial score (nSPS) is 18.6. The lowest BCUT2D eigenvalue weighted by Crippen LogP contribution is -2.30. The maximum atomic E-state index is 11.2. The van der Waals surface area contributed by atoms with Gasteiger partial charge in [-0.15, -0.1) is 0 Å². The minimum atomic E-state index is -0.430. The highest BCUT2D eigenvalue weighted by Gasteiger charge is 2.16. The van der Waals surface area contributed by atoms with Gasteiger partial charge in [-0.1, -0.05) is 5.16 Å². The molecule has 0 aliphatic carbocycles. The summed E-state index contributed by atoms with van der Waals surface area (Å²) < 4.78 is 5.14. The van der Waals surface area contributed by atoms with Crippen LogP contribution in [0.3, 0.4) is 0 Å². The van der Waals surface area contributed by atoms with E-state index >= 15 is 0 Å². The molecule has 0 unspecified atom stereocenters. The maximum absolute atomic E-state index is 11.2. The highest BCUT2D eigenvalue weighted by Crippen LogP contribution is 2.09. The SMILES string of the molecule is CN1CCCN(Cc2cc(C(=O)NN)no2)CC1. The Balaban J connectivity index is 1.92. The minimum Gasteiger partial charge on any atom is -0.359 e. The van der Waals surface area contributed by atoms with Gasteiger partial charge in [0.25, 0.3) is 5.91 Å². The van der Waals surface area contributed by atoms with E-state index in [9.17, 15) is 4.79 Å². The molecule has 1 fully saturated rings. The fraction of sp³-hybridized carbons (Fsp3) is 0.636. The lowest BCUT2D eigenvalue weighted by atomic mass is 10.3. The van der Waals surface area contributed by atoms with E-state index in [0.717, 1.165) is 32.6 Å². The molecule has 18 heavy (non-hydrogen) atoms. The monoisotopic (exact) mass is 253 g/mol. The van der Waals surface area contributed by atoms with E-state index in [1.807, 2.05) is 5.43 Å². The third kappa shape index (κ3) is 3.28. The van der Waals surface area contributed by atoms with Crippen molar-refractivity contribution in [2.45, 2.75) is 13.0 Å². The van der Waals surface area contributed by atoms with Gasteiger partial charge in [-0.25, -0.2) is 5.84 Å². The van der Waals surface area contributed by atoms with Gasteiger partial charge in [0.05, 0.1) is 6.54 Å². The molecular weight excluding hydrogens is 234 g/mol. The summed E-state index contributed by atoms with van der Waals surface area (Å²) in [4.78, 5) is 15.9. The number of rotatable bonds is 3. The number of aromatic nitrogens is 1. The van der Waals surface area contributed by atoms with Crippen molar-refractivity contribution in [3.05, 3.63) is 17.5 Å². The highest BCUT2D eigenvalue weighted by molar-refractivity contribution is 5.91. The predicted molar refractivity (Wildman–Crippen MR) is 65.5 cm³/mol. The summed E-state index contributed by atoms with van der Waals surface area (Å²) in [5.41, 5.74) is 2.25. The van der Waals surface area contributed by atoms with Gasteiger partial charge in [-0.2, -0.15) is 0 Å². The van der Waals surface area contributed by atoms with Crippen LogP contribution in [-0.2, 0) is 6.54 Å². The summed E-state index contributed by atoms with van der Waals surface area (Å²) in [7, 11) is 2.13. The van der Waals surface area contributed by atoms with Gasteiger partial charge in [0.1, 0.15) is 0 Å². The molecule has 1 saturated heterocycles. The number of hydrogen-bond acceptors (Lipinski definition) is 6. The summed E-state index contributed by atoms with van der Waals surface area (Å²) in [5, 5.41) is 3.69. The number of nitrogen functional groups attached to an aromatic ring is 1. The first kappa shape index (κ1) is 13.0. The molecule has 0 atom stereocenters. The van der Waals surface area contributed by atoms with Crippen LogP contribution in [0.15, 0.2) is 10.6 Å². The molecule has 0 saturated carbocycles. The van der Waals surface area contributed by atoms with Crippen molar-refractivity contribution in [3.63, 3.8) is 0 Å². The second-order valence-electron chi connectivity index (χ2n) is 4.58. The van der Waals surface area contributed by atoms with E-state index in [1.54, 1.807) is 6.07 Å². The molecule has 1 aliphatic rings. The molecular formula is C11H19N5O2. The van der Waals surface area contributed by atoms with Crippen molar-refractivity contribution >= 4 is 5.91 Å². The number of nitrogens with zero attached hydrogens (tertiary/aromatic N) is 3. The summed E-state index contributed by atoms with van der Waals surface area (Å²) >= 11 is 0. The Morgan fingerprint density at radius 2 is 2.33 bits per heavy atom. The molecule has 2 heterocycles. The topological polar surface area (TPSA) is 87.6 Å². The Bertz CT molecular complexity index is 406. The average Bonchev–Trinajstić information content (AvgIpc) is 2.73. The summed E-state index contributed by atoms with van der Waals surface area (Å²) in [5.74, 6) is 5.30. The lowest BCUT2D eigenvalue weighted by Gasteiger charge is -2.17. The van der Waals surface area contributed by atoms with E-state index in [0.29, 0.717) is 12.3 Å². The number of hydrazine groups is 1. The quantitative estimate of drug-likeness (QED) is 0.425. The van der Waals surface area contributed by atoms with E-state index in [1.165, 1.54) is 0 Å². The average molecular weight is 253 g/mol. The van der Waals surface area contributed by atoms with Gasteiger partial charge >= 0.3 is 0 Å². The molecule has 1 aliphatic heterocycles. The van der Waals surface area contributed by atoms with E-state index in [4.69, 9.17) is 10.4 Å². The van der Waals surface area contributed by atoms with Crippen molar-refractivity contribution in [2.75, 3.05) is 33.2 Å². The van der Waals surface area contributed by atoms with Crippen LogP contribution < -0.4 is 11.3 Å². The number of nitrogens with two attached hydrogens (primary N) is 1. The third-order valence-electron chi connectivity index (χ3n) is 3.11. The molecule has 2 rings (SSSR count). The van der Waals surface area contributed by atoms with E-state index in [2.05, 4.69) is 22.0 Å². The Morgan fingerprint density at radius 3 is 3.11 bits per heavy atom. The Labute approximate surface area is 106 Å². The molecule has 0 radical (unpaired) electrons. The zero-order valence-electron chi connectivity index (χ0n) is 10.6. The molecule has 0 bridgehead atoms. The Morgan fingerprint density at radius 1 is 1.50 bits per heavy atom. The van der Waals surface area contributed by atoms with Gasteiger partial charge in [0.15, 0.2) is 11.5 Å². The number of likely N-dealkylation sites (N-methyl/N-ethyl adjacent to an activating group) is 1. The van der Waals surface area contributed by atoms with Gasteiger partial charge in [-0.3, -0.25) is 15.1 Å². The molecule has 1 aromatic heterocycles. The Hall–Kier alpha value is -1.44. The minimum absolute atomic E-state index is 0.222. The van der Waals surface area contributed by atoms with Gasteiger partial charge in [0, 0.05) is 19.2 Å². The molecule has 100 valence electrons. The van der Waals surface area contributed by atoms with Crippen molar-refractivity contribution in [1.82, 2.24) is 20.4 Å². The predicted octanol–water partition coefficient (Wildman–Crippen LogP) is -0.584. The van der Waals surface area contributed by atoms with Crippen LogP contribution in [-0.4, -0.2) is 54.1 Å². The van der Waals surface area contributed by atoms with E-state index in [-0.39, 0.29) is 5.69 Å². The van der Waals surface area contributed by atoms with Crippen LogP contribution in [0.1, 0.15) is 22.7 Å². The number of hydrogen-bond donors (Lipinski definition) is 2. The number of carbonyl (C=O) groups excluding carboxylic acids is 1. The van der Waals surface area contributed by atoms with Crippen LogP contribution in [0.2, 0.25) is 0 Å². The number of amides is 1. The van der Waals surface area contributed by atoms with Crippen molar-refractivity contribution < 1.29 is 9.32 Å². The first-order chi connectivity index (χ1) is 8.69. The molecule has 0 aromatic carbocycles. The van der Waals surface area contributed by atoms with Crippen LogP contribution in [0.5, 0.6) is 0 Å². The van der Waals surface area contributed by atoms with Crippen molar-refractivity contribution in [1.29, 1.82) is 0 Å². The van der Waals surface area contributed by atoms with Gasteiger partial charge in [-0.05, 0) is 26.6 Å². The molecule has 1 amide bonds. The maximum Gasteiger partial charge on any atom is 0.287 e. The first-order valence-corrected chi connectivity index (χ1v) is 6.06. The number of nitrogens with one attached hydrogen (secondary N) is 1. The molecule has 7 heteroatoms. The zero-order valence-corrected chi connectivity index (χ0v) is 10.6. The fourth-order valence-electron chi connectivity index (χ4n) is 2.05. The smallest absolute Gasteiger partial charge is 0.287 e. The van der Waals surface area contributed by atoms with Crippen LogP contribution in [0.4, 0.5) is 0 Å². The van der Waals surface area contributed by atoms with E-state index < -0.39 is 5.91 Å². The zero-order chi connectivity index (χ0) is 13.0. The second-order valence-corrected chi connectivity index (χ2v) is 4.58. The fourth-order valence-corrected chi connectivity index (χ4v) is 2.05. The first-order valence-electron chi connectivity index (χ1n) is 6.06. The van der Waals surface area contributed by atoms with Gasteiger partial charge in [0.2, 0.25) is 0 Å². The summed E-state index contributed by atoms with van der Waals surface area (Å²) in [6.07, 6.45) is 1.14. The van der Waals surface area contributed by atoms with Crippen LogP contribution >= 0.6 is 0 Å².